The average molecular weight is 472 g/mol. The monoisotopic (exact) mass is 472 g/mol. The maximum atomic E-state index is 4.47. The molecule has 1 unspecified atom stereocenters. The normalized spacial score (nSPS) is 23.7. The van der Waals surface area contributed by atoms with E-state index in [1.54, 1.807) is 0 Å². The summed E-state index contributed by atoms with van der Waals surface area (Å²) in [5, 5.41) is 11.6. The van der Waals surface area contributed by atoms with E-state index in [4.69, 9.17) is 0 Å². The van der Waals surface area contributed by atoms with Crippen LogP contribution in [0.5, 0.6) is 0 Å². The second-order valence-electron chi connectivity index (χ2n) is 8.09. The molecule has 2 heterocycles. The van der Waals surface area contributed by atoms with Gasteiger partial charge in [-0.05, 0) is 56.3 Å². The number of piperidine rings is 1. The first-order chi connectivity index (χ1) is 12.2. The molecule has 4 rings (SSSR count). The minimum atomic E-state index is 0. The lowest BCUT2D eigenvalue weighted by Crippen LogP contribution is -2.52. The maximum absolute atomic E-state index is 4.47. The summed E-state index contributed by atoms with van der Waals surface area (Å²) in [5.74, 6) is 3.81. The van der Waals surface area contributed by atoms with Crippen LogP contribution in [0.1, 0.15) is 38.5 Å². The molecular weight excluding hydrogens is 439 g/mol. The van der Waals surface area contributed by atoms with Gasteiger partial charge in [-0.15, -0.1) is 24.0 Å². The summed E-state index contributed by atoms with van der Waals surface area (Å²) in [7, 11) is 3.87. The van der Waals surface area contributed by atoms with Crippen molar-refractivity contribution in [2.45, 2.75) is 44.6 Å². The van der Waals surface area contributed by atoms with Gasteiger partial charge in [-0.1, -0.05) is 0 Å². The van der Waals surface area contributed by atoms with Crippen molar-refractivity contribution in [2.75, 3.05) is 31.6 Å². The van der Waals surface area contributed by atoms with Crippen LogP contribution in [0.2, 0.25) is 0 Å². The molecule has 3 fully saturated rings. The summed E-state index contributed by atoms with van der Waals surface area (Å²) in [4.78, 5) is 6.90. The van der Waals surface area contributed by atoms with E-state index >= 15 is 0 Å². The minimum Gasteiger partial charge on any atom is -0.367 e. The molecule has 1 aliphatic heterocycles. The van der Waals surface area contributed by atoms with Crippen molar-refractivity contribution in [1.29, 1.82) is 0 Å². The van der Waals surface area contributed by atoms with E-state index in [0.717, 1.165) is 43.3 Å². The number of halogens is 1. The fourth-order valence-electron chi connectivity index (χ4n) is 4.27. The Morgan fingerprint density at radius 3 is 2.58 bits per heavy atom. The van der Waals surface area contributed by atoms with E-state index in [2.05, 4.69) is 31.8 Å². The van der Waals surface area contributed by atoms with Crippen molar-refractivity contribution in [3.63, 3.8) is 0 Å². The SMILES string of the molecule is CN=C(NCC(C1CC1)C1CC1)NC1CCCN(c2cnn(C)c2)C1.I. The molecule has 1 aromatic heterocycles. The number of aliphatic imine (C=N–C) groups is 1. The van der Waals surface area contributed by atoms with Crippen LogP contribution in [0.4, 0.5) is 5.69 Å². The topological polar surface area (TPSA) is 57.5 Å². The number of aromatic nitrogens is 2. The average Bonchev–Trinajstić information content (AvgIpc) is 3.55. The highest BCUT2D eigenvalue weighted by Gasteiger charge is 2.41. The van der Waals surface area contributed by atoms with Crippen molar-refractivity contribution < 1.29 is 0 Å². The molecule has 6 nitrogen and oxygen atoms in total. The lowest BCUT2D eigenvalue weighted by Gasteiger charge is -2.34. The van der Waals surface area contributed by atoms with Gasteiger partial charge in [0.1, 0.15) is 0 Å². The Morgan fingerprint density at radius 2 is 2.00 bits per heavy atom. The van der Waals surface area contributed by atoms with Crippen LogP contribution in [0.25, 0.3) is 0 Å². The van der Waals surface area contributed by atoms with Gasteiger partial charge in [0.2, 0.25) is 0 Å². The molecule has 7 heteroatoms. The van der Waals surface area contributed by atoms with Gasteiger partial charge in [-0.3, -0.25) is 9.67 Å². The number of nitrogens with one attached hydrogen (secondary N) is 2. The molecule has 0 amide bonds. The van der Waals surface area contributed by atoms with Gasteiger partial charge < -0.3 is 15.5 Å². The Morgan fingerprint density at radius 1 is 1.27 bits per heavy atom. The van der Waals surface area contributed by atoms with Gasteiger partial charge in [0.15, 0.2) is 5.96 Å². The summed E-state index contributed by atoms with van der Waals surface area (Å²) in [5.41, 5.74) is 1.22. The molecule has 2 aliphatic carbocycles. The van der Waals surface area contributed by atoms with E-state index in [1.165, 1.54) is 44.2 Å². The van der Waals surface area contributed by atoms with E-state index < -0.39 is 0 Å². The number of anilines is 1. The Labute approximate surface area is 174 Å². The second kappa shape index (κ2) is 8.80. The van der Waals surface area contributed by atoms with Crippen LogP contribution in [0.3, 0.4) is 0 Å². The largest absolute Gasteiger partial charge is 0.367 e. The lowest BCUT2D eigenvalue weighted by molar-refractivity contribution is 0.397. The number of rotatable bonds is 6. The van der Waals surface area contributed by atoms with Gasteiger partial charge in [0.05, 0.1) is 11.9 Å². The minimum absolute atomic E-state index is 0. The van der Waals surface area contributed by atoms with Crippen molar-refractivity contribution in [3.05, 3.63) is 12.4 Å². The van der Waals surface area contributed by atoms with Gasteiger partial charge in [0, 0.05) is 46.0 Å². The molecular formula is C19H33IN6. The van der Waals surface area contributed by atoms with Crippen LogP contribution in [-0.4, -0.2) is 48.5 Å². The number of hydrogen-bond donors (Lipinski definition) is 2. The molecule has 146 valence electrons. The molecule has 0 radical (unpaired) electrons. The standard InChI is InChI=1S/C19H32N6.HI/c1-20-19(21-11-18(14-5-6-14)15-7-8-15)23-16-4-3-9-25(12-16)17-10-22-24(2)13-17;/h10,13-16,18H,3-9,11-12H2,1-2H3,(H2,20,21,23);1H. The highest BCUT2D eigenvalue weighted by molar-refractivity contribution is 14.0. The van der Waals surface area contributed by atoms with Crippen molar-refractivity contribution in [3.8, 4) is 0 Å². The molecule has 0 aromatic carbocycles. The summed E-state index contributed by atoms with van der Waals surface area (Å²) in [6.45, 7) is 3.22. The molecule has 1 atom stereocenters. The number of nitrogens with zero attached hydrogens (tertiary/aromatic N) is 4. The number of guanidine groups is 1. The molecule has 0 bridgehead atoms. The maximum Gasteiger partial charge on any atom is 0.191 e. The Hall–Kier alpha value is -0.990. The van der Waals surface area contributed by atoms with Crippen LogP contribution in [0.15, 0.2) is 17.4 Å². The zero-order chi connectivity index (χ0) is 17.2. The number of aryl methyl sites for hydroxylation is 1. The first-order valence-electron chi connectivity index (χ1n) is 9.93. The first-order valence-corrected chi connectivity index (χ1v) is 9.93. The van der Waals surface area contributed by atoms with Crippen molar-refractivity contribution >= 4 is 35.6 Å². The van der Waals surface area contributed by atoms with Crippen LogP contribution in [-0.2, 0) is 7.05 Å². The van der Waals surface area contributed by atoms with Gasteiger partial charge in [-0.2, -0.15) is 5.10 Å². The van der Waals surface area contributed by atoms with Gasteiger partial charge >= 0.3 is 0 Å². The van der Waals surface area contributed by atoms with Crippen LogP contribution in [0, 0.1) is 17.8 Å². The van der Waals surface area contributed by atoms with Crippen molar-refractivity contribution in [1.82, 2.24) is 20.4 Å². The Balaban J connectivity index is 0.00000196. The van der Waals surface area contributed by atoms with E-state index in [0.29, 0.717) is 6.04 Å². The lowest BCUT2D eigenvalue weighted by atomic mass is 9.98. The summed E-state index contributed by atoms with van der Waals surface area (Å²) in [6, 6.07) is 0.445. The quantitative estimate of drug-likeness (QED) is 0.380. The second-order valence-corrected chi connectivity index (χ2v) is 8.09. The number of hydrogen-bond acceptors (Lipinski definition) is 3. The highest BCUT2D eigenvalue weighted by atomic mass is 127. The fourth-order valence-corrected chi connectivity index (χ4v) is 4.27. The van der Waals surface area contributed by atoms with E-state index in [9.17, 15) is 0 Å². The predicted molar refractivity (Wildman–Crippen MR) is 117 cm³/mol. The third-order valence-electron chi connectivity index (χ3n) is 6.00. The van der Waals surface area contributed by atoms with Crippen LogP contribution < -0.4 is 15.5 Å². The summed E-state index contributed by atoms with van der Waals surface area (Å²) >= 11 is 0. The zero-order valence-electron chi connectivity index (χ0n) is 16.0. The first kappa shape index (κ1) is 19.8. The predicted octanol–water partition coefficient (Wildman–Crippen LogP) is 2.61. The zero-order valence-corrected chi connectivity index (χ0v) is 18.4. The third-order valence-corrected chi connectivity index (χ3v) is 6.00. The van der Waals surface area contributed by atoms with Gasteiger partial charge in [-0.25, -0.2) is 0 Å². The summed E-state index contributed by atoms with van der Waals surface area (Å²) in [6.07, 6.45) is 12.2. The fraction of sp³-hybridized carbons (Fsp3) is 0.789. The highest BCUT2D eigenvalue weighted by Crippen LogP contribution is 2.48. The molecule has 26 heavy (non-hydrogen) atoms. The third kappa shape index (κ3) is 5.04. The van der Waals surface area contributed by atoms with E-state index in [1.807, 2.05) is 25.0 Å². The molecule has 3 aliphatic rings. The van der Waals surface area contributed by atoms with Crippen LogP contribution >= 0.6 is 24.0 Å². The molecule has 1 saturated heterocycles. The van der Waals surface area contributed by atoms with Gasteiger partial charge in [0.25, 0.3) is 0 Å². The summed E-state index contributed by atoms with van der Waals surface area (Å²) < 4.78 is 1.88. The van der Waals surface area contributed by atoms with E-state index in [-0.39, 0.29) is 24.0 Å². The smallest absolute Gasteiger partial charge is 0.191 e. The molecule has 0 spiro atoms. The molecule has 2 saturated carbocycles. The van der Waals surface area contributed by atoms with Crippen molar-refractivity contribution in [2.24, 2.45) is 29.8 Å². The Kier molecular flexibility index (Phi) is 6.69. The Bertz CT molecular complexity index is 595. The molecule has 2 N–H and O–H groups in total. The molecule has 1 aromatic rings.